The Hall–Kier alpha value is -2.91. The van der Waals surface area contributed by atoms with Gasteiger partial charge < -0.3 is 14.6 Å². The third-order valence-electron chi connectivity index (χ3n) is 5.69. The minimum atomic E-state index is -0.940. The normalized spacial score (nSPS) is 24.1. The number of rotatable bonds is 5. The highest BCUT2D eigenvalue weighted by Gasteiger charge is 2.55. The van der Waals surface area contributed by atoms with E-state index in [0.717, 1.165) is 24.2 Å². The van der Waals surface area contributed by atoms with Gasteiger partial charge in [0.25, 0.3) is 11.8 Å². The molecular weight excluding hydrogens is 392 g/mol. The molecule has 0 bridgehead atoms. The second kappa shape index (κ2) is 8.08. The predicted octanol–water partition coefficient (Wildman–Crippen LogP) is 1.95. The van der Waals surface area contributed by atoms with Crippen molar-refractivity contribution in [2.45, 2.75) is 64.3 Å². The summed E-state index contributed by atoms with van der Waals surface area (Å²) in [6, 6.07) is 0.990. The smallest absolute Gasteiger partial charge is 0.326 e. The molecular formula is C20H28N4O6. The lowest BCUT2D eigenvalue weighted by Crippen LogP contribution is -2.54. The van der Waals surface area contributed by atoms with Crippen molar-refractivity contribution in [2.75, 3.05) is 18.5 Å². The standard InChI is InChI=1S/C20H28N4O6/c1-12-7-5-6-8-20(12)17(27)24(18(28)22-20)10-16(26)29-11-14(25)21-15-9-13(23-30-15)19(2,3)4/h9,12H,5-8,10-11H2,1-4H3,(H,21,25)(H,22,28)/t12-,20-/m0/s1. The van der Waals surface area contributed by atoms with E-state index in [1.54, 1.807) is 6.07 Å². The van der Waals surface area contributed by atoms with Crippen LogP contribution in [0.5, 0.6) is 0 Å². The van der Waals surface area contributed by atoms with E-state index < -0.39 is 42.5 Å². The number of ether oxygens (including phenoxy) is 1. The summed E-state index contributed by atoms with van der Waals surface area (Å²) < 4.78 is 9.97. The fourth-order valence-electron chi connectivity index (χ4n) is 3.82. The summed E-state index contributed by atoms with van der Waals surface area (Å²) in [6.07, 6.45) is 3.24. The maximum atomic E-state index is 12.8. The van der Waals surface area contributed by atoms with Crippen LogP contribution in [0, 0.1) is 5.92 Å². The molecule has 10 heteroatoms. The number of aromatic nitrogens is 1. The number of urea groups is 1. The summed E-state index contributed by atoms with van der Waals surface area (Å²) in [5.74, 6) is -1.73. The SMILES string of the molecule is C[C@H]1CCCC[C@]12NC(=O)N(CC(=O)OCC(=O)Nc1cc(C(C)(C)C)no1)C2=O. The van der Waals surface area contributed by atoms with Gasteiger partial charge in [0.15, 0.2) is 6.61 Å². The number of hydrogen-bond donors (Lipinski definition) is 2. The molecule has 1 aromatic rings. The highest BCUT2D eigenvalue weighted by Crippen LogP contribution is 2.38. The molecule has 30 heavy (non-hydrogen) atoms. The largest absolute Gasteiger partial charge is 0.454 e. The second-order valence-electron chi connectivity index (χ2n) is 8.97. The monoisotopic (exact) mass is 420 g/mol. The van der Waals surface area contributed by atoms with E-state index in [4.69, 9.17) is 9.26 Å². The molecule has 1 aliphatic carbocycles. The molecule has 1 saturated heterocycles. The van der Waals surface area contributed by atoms with E-state index in [1.807, 2.05) is 27.7 Å². The lowest BCUT2D eigenvalue weighted by atomic mass is 9.73. The van der Waals surface area contributed by atoms with Crippen molar-refractivity contribution in [3.8, 4) is 0 Å². The molecule has 0 radical (unpaired) electrons. The van der Waals surface area contributed by atoms with Crippen LogP contribution in [-0.2, 0) is 24.5 Å². The van der Waals surface area contributed by atoms with E-state index in [-0.39, 0.29) is 17.2 Å². The van der Waals surface area contributed by atoms with Gasteiger partial charge in [-0.1, -0.05) is 45.7 Å². The molecule has 1 aromatic heterocycles. The number of nitrogens with one attached hydrogen (secondary N) is 2. The summed E-state index contributed by atoms with van der Waals surface area (Å²) in [4.78, 5) is 50.1. The number of amides is 4. The van der Waals surface area contributed by atoms with Gasteiger partial charge in [-0.15, -0.1) is 0 Å². The van der Waals surface area contributed by atoms with Crippen LogP contribution in [0.4, 0.5) is 10.7 Å². The van der Waals surface area contributed by atoms with Crippen molar-refractivity contribution >= 4 is 29.7 Å². The van der Waals surface area contributed by atoms with E-state index in [1.165, 1.54) is 0 Å². The minimum Gasteiger partial charge on any atom is -0.454 e. The van der Waals surface area contributed by atoms with Gasteiger partial charge >= 0.3 is 12.0 Å². The molecule has 1 aliphatic heterocycles. The summed E-state index contributed by atoms with van der Waals surface area (Å²) in [6.45, 7) is 6.67. The predicted molar refractivity (Wildman–Crippen MR) is 105 cm³/mol. The molecule has 2 fully saturated rings. The zero-order valence-electron chi connectivity index (χ0n) is 17.7. The Morgan fingerprint density at radius 3 is 2.73 bits per heavy atom. The van der Waals surface area contributed by atoms with E-state index in [2.05, 4.69) is 15.8 Å². The first-order valence-electron chi connectivity index (χ1n) is 10.1. The lowest BCUT2D eigenvalue weighted by Gasteiger charge is -2.36. The molecule has 2 atom stereocenters. The first-order valence-corrected chi connectivity index (χ1v) is 10.1. The summed E-state index contributed by atoms with van der Waals surface area (Å²) in [7, 11) is 0. The zero-order chi connectivity index (χ0) is 22.1. The van der Waals surface area contributed by atoms with Crippen LogP contribution < -0.4 is 10.6 Å². The van der Waals surface area contributed by atoms with E-state index in [9.17, 15) is 19.2 Å². The molecule has 10 nitrogen and oxygen atoms in total. The van der Waals surface area contributed by atoms with Crippen molar-refractivity contribution in [1.82, 2.24) is 15.4 Å². The van der Waals surface area contributed by atoms with E-state index >= 15 is 0 Å². The van der Waals surface area contributed by atoms with Crippen LogP contribution in [0.1, 0.15) is 59.1 Å². The quantitative estimate of drug-likeness (QED) is 0.550. The van der Waals surface area contributed by atoms with Crippen LogP contribution in [0.2, 0.25) is 0 Å². The number of anilines is 1. The number of carbonyl (C=O) groups is 4. The van der Waals surface area contributed by atoms with Gasteiger partial charge in [0, 0.05) is 11.5 Å². The van der Waals surface area contributed by atoms with Crippen LogP contribution in [0.15, 0.2) is 10.6 Å². The molecule has 2 heterocycles. The first-order chi connectivity index (χ1) is 14.0. The maximum Gasteiger partial charge on any atom is 0.326 e. The van der Waals surface area contributed by atoms with Crippen LogP contribution >= 0.6 is 0 Å². The Morgan fingerprint density at radius 1 is 1.37 bits per heavy atom. The molecule has 4 amide bonds. The molecule has 2 aliphatic rings. The van der Waals surface area contributed by atoms with Crippen molar-refractivity contribution in [3.05, 3.63) is 11.8 Å². The summed E-state index contributed by atoms with van der Waals surface area (Å²) >= 11 is 0. The zero-order valence-corrected chi connectivity index (χ0v) is 17.7. The van der Waals surface area contributed by atoms with Gasteiger partial charge in [-0.05, 0) is 18.8 Å². The minimum absolute atomic E-state index is 0.00519. The fraction of sp³-hybridized carbons (Fsp3) is 0.650. The van der Waals surface area contributed by atoms with Crippen molar-refractivity contribution in [1.29, 1.82) is 0 Å². The Morgan fingerprint density at radius 2 is 2.10 bits per heavy atom. The molecule has 0 unspecified atom stereocenters. The first kappa shape index (κ1) is 21.8. The highest BCUT2D eigenvalue weighted by molar-refractivity contribution is 6.09. The summed E-state index contributed by atoms with van der Waals surface area (Å²) in [5, 5.41) is 9.10. The molecule has 1 saturated carbocycles. The van der Waals surface area contributed by atoms with Gasteiger partial charge in [0.05, 0.1) is 5.69 Å². The Bertz CT molecular complexity index is 858. The van der Waals surface area contributed by atoms with E-state index in [0.29, 0.717) is 12.1 Å². The molecule has 1 spiro atoms. The molecule has 3 rings (SSSR count). The number of esters is 1. The lowest BCUT2D eigenvalue weighted by molar-refractivity contribution is -0.150. The Balaban J connectivity index is 1.51. The number of carbonyl (C=O) groups excluding carboxylic acids is 4. The molecule has 164 valence electrons. The fourth-order valence-corrected chi connectivity index (χ4v) is 3.82. The van der Waals surface area contributed by atoms with Gasteiger partial charge in [-0.25, -0.2) is 4.79 Å². The number of nitrogens with zero attached hydrogens (tertiary/aromatic N) is 2. The topological polar surface area (TPSA) is 131 Å². The summed E-state index contributed by atoms with van der Waals surface area (Å²) in [5.41, 5.74) is -0.516. The van der Waals surface area contributed by atoms with Gasteiger partial charge in [-0.3, -0.25) is 24.6 Å². The number of hydrogen-bond acceptors (Lipinski definition) is 7. The Kier molecular flexibility index (Phi) is 5.87. The van der Waals surface area contributed by atoms with Crippen molar-refractivity contribution < 1.29 is 28.4 Å². The van der Waals surface area contributed by atoms with Crippen LogP contribution in [0.25, 0.3) is 0 Å². The second-order valence-corrected chi connectivity index (χ2v) is 8.97. The van der Waals surface area contributed by atoms with Crippen molar-refractivity contribution in [2.24, 2.45) is 5.92 Å². The maximum absolute atomic E-state index is 12.8. The van der Waals surface area contributed by atoms with Gasteiger partial charge in [0.1, 0.15) is 12.1 Å². The third-order valence-corrected chi connectivity index (χ3v) is 5.69. The number of imide groups is 1. The Labute approximate surface area is 174 Å². The molecule has 0 aromatic carbocycles. The van der Waals surface area contributed by atoms with Crippen LogP contribution in [0.3, 0.4) is 0 Å². The van der Waals surface area contributed by atoms with Gasteiger partial charge in [0.2, 0.25) is 5.88 Å². The average Bonchev–Trinajstić information content (AvgIpc) is 3.22. The van der Waals surface area contributed by atoms with Crippen LogP contribution in [-0.4, -0.2) is 52.6 Å². The van der Waals surface area contributed by atoms with Gasteiger partial charge in [-0.2, -0.15) is 0 Å². The molecule has 2 N–H and O–H groups in total. The van der Waals surface area contributed by atoms with Crippen molar-refractivity contribution in [3.63, 3.8) is 0 Å². The highest BCUT2D eigenvalue weighted by atomic mass is 16.5. The average molecular weight is 420 g/mol. The third kappa shape index (κ3) is 4.31.